The van der Waals surface area contributed by atoms with Crippen LogP contribution in [0.2, 0.25) is 0 Å². The lowest BCUT2D eigenvalue weighted by molar-refractivity contribution is -0.123. The van der Waals surface area contributed by atoms with E-state index in [0.717, 1.165) is 22.5 Å². The number of anilines is 1. The van der Waals surface area contributed by atoms with Crippen LogP contribution in [0.5, 0.6) is 0 Å². The number of benzene rings is 2. The van der Waals surface area contributed by atoms with Gasteiger partial charge in [-0.05, 0) is 53.5 Å². The summed E-state index contributed by atoms with van der Waals surface area (Å²) in [5.74, 6) is 0.154. The molecule has 29 heavy (non-hydrogen) atoms. The zero-order chi connectivity index (χ0) is 21.0. The van der Waals surface area contributed by atoms with Crippen LogP contribution < -0.4 is 5.32 Å². The normalized spacial score (nSPS) is 14.9. The first-order valence-electron chi connectivity index (χ1n) is 9.51. The molecule has 0 radical (unpaired) electrons. The molecule has 0 fully saturated rings. The van der Waals surface area contributed by atoms with Crippen LogP contribution in [-0.2, 0) is 9.59 Å². The van der Waals surface area contributed by atoms with Gasteiger partial charge in [0.25, 0.3) is 5.91 Å². The lowest BCUT2D eigenvalue weighted by Gasteiger charge is -2.22. The largest absolute Gasteiger partial charge is 0.326 e. The van der Waals surface area contributed by atoms with Crippen molar-refractivity contribution in [1.29, 1.82) is 5.26 Å². The third-order valence-electron chi connectivity index (χ3n) is 4.49. The van der Waals surface area contributed by atoms with Crippen LogP contribution in [-0.4, -0.2) is 23.3 Å². The zero-order valence-corrected chi connectivity index (χ0v) is 16.8. The van der Waals surface area contributed by atoms with E-state index in [-0.39, 0.29) is 11.8 Å². The van der Waals surface area contributed by atoms with E-state index < -0.39 is 0 Å². The zero-order valence-electron chi connectivity index (χ0n) is 16.8. The van der Waals surface area contributed by atoms with Gasteiger partial charge in [0.05, 0.1) is 17.3 Å². The predicted molar refractivity (Wildman–Crippen MR) is 114 cm³/mol. The molecule has 0 aromatic heterocycles. The molecule has 0 bridgehead atoms. The maximum atomic E-state index is 13.1. The fourth-order valence-electron chi connectivity index (χ4n) is 3.20. The number of carbonyl (C=O) groups is 2. The highest BCUT2D eigenvalue weighted by molar-refractivity contribution is 6.10. The van der Waals surface area contributed by atoms with Crippen molar-refractivity contribution in [3.8, 4) is 6.07 Å². The molecule has 0 saturated heterocycles. The van der Waals surface area contributed by atoms with Gasteiger partial charge in [0.1, 0.15) is 0 Å². The third kappa shape index (κ3) is 4.80. The molecule has 2 amide bonds. The first-order chi connectivity index (χ1) is 13.9. The molecule has 1 N–H and O–H groups in total. The number of rotatable bonds is 5. The van der Waals surface area contributed by atoms with Crippen LogP contribution >= 0.6 is 0 Å². The minimum absolute atomic E-state index is 0.0380. The predicted octanol–water partition coefficient (Wildman–Crippen LogP) is 4.44. The van der Waals surface area contributed by atoms with Crippen molar-refractivity contribution in [2.45, 2.75) is 20.8 Å². The Kier molecular flexibility index (Phi) is 5.94. The standard InChI is InChI=1S/C24H23N3O2/c1-16(2)15-27-23(20-8-10-22(11-9-20)26-17(3)28)13-21(24(27)29)12-18-4-6-19(14-25)7-5-18/h4-13,16H,15H2,1-3H3,(H,26,28)/b21-12+. The summed E-state index contributed by atoms with van der Waals surface area (Å²) < 4.78 is 0. The molecule has 5 heteroatoms. The second kappa shape index (κ2) is 8.57. The fourth-order valence-corrected chi connectivity index (χ4v) is 3.20. The molecule has 2 aromatic carbocycles. The van der Waals surface area contributed by atoms with Crippen LogP contribution in [0, 0.1) is 17.2 Å². The lowest BCUT2D eigenvalue weighted by Crippen LogP contribution is -2.29. The average Bonchev–Trinajstić information content (AvgIpc) is 2.98. The van der Waals surface area contributed by atoms with Crippen molar-refractivity contribution < 1.29 is 9.59 Å². The van der Waals surface area contributed by atoms with Gasteiger partial charge in [-0.1, -0.05) is 38.1 Å². The Morgan fingerprint density at radius 2 is 1.79 bits per heavy atom. The maximum absolute atomic E-state index is 13.1. The Labute approximate surface area is 171 Å². The Morgan fingerprint density at radius 3 is 2.34 bits per heavy atom. The minimum Gasteiger partial charge on any atom is -0.326 e. The van der Waals surface area contributed by atoms with Gasteiger partial charge in [0.2, 0.25) is 5.91 Å². The Hall–Kier alpha value is -3.65. The maximum Gasteiger partial charge on any atom is 0.258 e. The van der Waals surface area contributed by atoms with Crippen molar-refractivity contribution in [1.82, 2.24) is 4.90 Å². The number of nitriles is 1. The monoisotopic (exact) mass is 385 g/mol. The highest BCUT2D eigenvalue weighted by Crippen LogP contribution is 2.32. The van der Waals surface area contributed by atoms with E-state index in [2.05, 4.69) is 25.2 Å². The van der Waals surface area contributed by atoms with E-state index in [4.69, 9.17) is 5.26 Å². The van der Waals surface area contributed by atoms with E-state index in [1.807, 2.05) is 48.6 Å². The fraction of sp³-hybridized carbons (Fsp3) is 0.208. The first-order valence-corrected chi connectivity index (χ1v) is 9.51. The summed E-state index contributed by atoms with van der Waals surface area (Å²) in [6.07, 6.45) is 3.74. The molecule has 3 rings (SSSR count). The molecule has 0 aliphatic carbocycles. The van der Waals surface area contributed by atoms with Gasteiger partial charge in [-0.25, -0.2) is 0 Å². The molecule has 146 valence electrons. The summed E-state index contributed by atoms with van der Waals surface area (Å²) in [6.45, 7) is 6.24. The van der Waals surface area contributed by atoms with Crippen LogP contribution in [0.25, 0.3) is 11.8 Å². The summed E-state index contributed by atoms with van der Waals surface area (Å²) in [6, 6.07) is 16.7. The van der Waals surface area contributed by atoms with Crippen molar-refractivity contribution in [3.05, 3.63) is 76.9 Å². The SMILES string of the molecule is CC(=O)Nc1ccc(C2=C/C(=C\c3ccc(C#N)cc3)C(=O)N2CC(C)C)cc1. The molecular weight excluding hydrogens is 362 g/mol. The number of amides is 2. The van der Waals surface area contributed by atoms with Gasteiger partial charge in [0.15, 0.2) is 0 Å². The summed E-state index contributed by atoms with van der Waals surface area (Å²) in [4.78, 5) is 26.1. The molecule has 5 nitrogen and oxygen atoms in total. The molecule has 0 unspecified atom stereocenters. The quantitative estimate of drug-likeness (QED) is 0.774. The average molecular weight is 385 g/mol. The van der Waals surface area contributed by atoms with Crippen molar-refractivity contribution in [2.24, 2.45) is 5.92 Å². The third-order valence-corrected chi connectivity index (χ3v) is 4.49. The van der Waals surface area contributed by atoms with E-state index in [1.54, 1.807) is 17.0 Å². The number of hydrogen-bond donors (Lipinski definition) is 1. The molecule has 1 heterocycles. The van der Waals surface area contributed by atoms with E-state index in [1.165, 1.54) is 6.92 Å². The molecule has 1 aliphatic heterocycles. The topological polar surface area (TPSA) is 73.2 Å². The molecule has 0 saturated carbocycles. The summed E-state index contributed by atoms with van der Waals surface area (Å²) in [7, 11) is 0. The van der Waals surface area contributed by atoms with Gasteiger partial charge in [-0.3, -0.25) is 9.59 Å². The van der Waals surface area contributed by atoms with Gasteiger partial charge in [0, 0.05) is 24.7 Å². The Balaban J connectivity index is 1.96. The van der Waals surface area contributed by atoms with Gasteiger partial charge >= 0.3 is 0 Å². The molecule has 0 spiro atoms. The molecule has 0 atom stereocenters. The number of hydrogen-bond acceptors (Lipinski definition) is 3. The first kappa shape index (κ1) is 20.1. The lowest BCUT2D eigenvalue weighted by atomic mass is 10.1. The minimum atomic E-state index is -0.123. The van der Waals surface area contributed by atoms with Gasteiger partial charge < -0.3 is 10.2 Å². The van der Waals surface area contributed by atoms with Crippen LogP contribution in [0.3, 0.4) is 0 Å². The van der Waals surface area contributed by atoms with Crippen molar-refractivity contribution >= 4 is 29.3 Å². The number of carbonyl (C=O) groups excluding carboxylic acids is 2. The van der Waals surface area contributed by atoms with Crippen molar-refractivity contribution in [3.63, 3.8) is 0 Å². The van der Waals surface area contributed by atoms with Crippen LogP contribution in [0.1, 0.15) is 37.5 Å². The highest BCUT2D eigenvalue weighted by atomic mass is 16.2. The summed E-state index contributed by atoms with van der Waals surface area (Å²) in [5, 5.41) is 11.7. The second-order valence-corrected chi connectivity index (χ2v) is 7.43. The van der Waals surface area contributed by atoms with E-state index in [9.17, 15) is 9.59 Å². The Morgan fingerprint density at radius 1 is 1.14 bits per heavy atom. The summed E-state index contributed by atoms with van der Waals surface area (Å²) in [5.41, 5.74) is 4.54. The molecule has 1 aliphatic rings. The van der Waals surface area contributed by atoms with Gasteiger partial charge in [-0.2, -0.15) is 5.26 Å². The van der Waals surface area contributed by atoms with Gasteiger partial charge in [-0.15, -0.1) is 0 Å². The second-order valence-electron chi connectivity index (χ2n) is 7.43. The number of nitrogens with one attached hydrogen (secondary N) is 1. The Bertz CT molecular complexity index is 1020. The molecule has 2 aromatic rings. The highest BCUT2D eigenvalue weighted by Gasteiger charge is 2.29. The van der Waals surface area contributed by atoms with E-state index >= 15 is 0 Å². The summed E-state index contributed by atoms with van der Waals surface area (Å²) >= 11 is 0. The number of nitrogens with zero attached hydrogens (tertiary/aromatic N) is 2. The molecular formula is C24H23N3O2. The van der Waals surface area contributed by atoms with E-state index in [0.29, 0.717) is 23.6 Å². The smallest absolute Gasteiger partial charge is 0.258 e. The van der Waals surface area contributed by atoms with Crippen LogP contribution in [0.15, 0.2) is 60.2 Å². The van der Waals surface area contributed by atoms with Crippen LogP contribution in [0.4, 0.5) is 5.69 Å². The van der Waals surface area contributed by atoms with Crippen molar-refractivity contribution in [2.75, 3.05) is 11.9 Å².